The highest BCUT2D eigenvalue weighted by Crippen LogP contribution is 2.09. The molecular weight excluding hydrogens is 228 g/mol. The molecule has 0 aromatic carbocycles. The first-order valence-corrected chi connectivity index (χ1v) is 6.33. The minimum atomic E-state index is 0.700. The molecule has 0 unspecified atom stereocenters. The lowest BCUT2D eigenvalue weighted by atomic mass is 10.4. The number of H-pyrrole nitrogens is 1. The van der Waals surface area contributed by atoms with E-state index < -0.39 is 0 Å². The van der Waals surface area contributed by atoms with Crippen LogP contribution in [0.15, 0.2) is 6.07 Å². The molecule has 3 N–H and O–H groups in total. The Kier molecular flexibility index (Phi) is 5.49. The highest BCUT2D eigenvalue weighted by molar-refractivity contribution is 7.98. The van der Waals surface area contributed by atoms with Crippen LogP contribution in [0.25, 0.3) is 0 Å². The molecular formula is C9H16N4S2. The molecule has 0 fully saturated rings. The van der Waals surface area contributed by atoms with Crippen LogP contribution in [-0.2, 0) is 5.75 Å². The molecule has 0 saturated carbocycles. The molecule has 0 aliphatic rings. The first-order chi connectivity index (χ1) is 7.22. The van der Waals surface area contributed by atoms with Crippen LogP contribution in [0.2, 0.25) is 0 Å². The number of hydrogen-bond donors (Lipinski definition) is 3. The topological polar surface area (TPSA) is 52.7 Å². The summed E-state index contributed by atoms with van der Waals surface area (Å²) in [7, 11) is 1.81. The zero-order valence-corrected chi connectivity index (χ0v) is 10.6. The summed E-state index contributed by atoms with van der Waals surface area (Å²) >= 11 is 6.79. The molecule has 0 saturated heterocycles. The van der Waals surface area contributed by atoms with Crippen LogP contribution in [0.3, 0.4) is 0 Å². The van der Waals surface area contributed by atoms with Gasteiger partial charge in [-0.15, -0.1) is 0 Å². The Morgan fingerprint density at radius 1 is 1.67 bits per heavy atom. The third-order valence-corrected chi connectivity index (χ3v) is 3.11. The van der Waals surface area contributed by atoms with Crippen LogP contribution in [-0.4, -0.2) is 34.7 Å². The van der Waals surface area contributed by atoms with Gasteiger partial charge in [0.15, 0.2) is 5.11 Å². The molecule has 0 amide bonds. The molecule has 0 spiro atoms. The number of rotatable bonds is 5. The maximum atomic E-state index is 4.95. The van der Waals surface area contributed by atoms with Gasteiger partial charge in [0.25, 0.3) is 0 Å². The second-order valence-electron chi connectivity index (χ2n) is 3.10. The van der Waals surface area contributed by atoms with Crippen LogP contribution in [0.1, 0.15) is 11.4 Å². The van der Waals surface area contributed by atoms with Crippen LogP contribution in [0.4, 0.5) is 0 Å². The van der Waals surface area contributed by atoms with Gasteiger partial charge in [-0.25, -0.2) is 0 Å². The van der Waals surface area contributed by atoms with Gasteiger partial charge in [-0.1, -0.05) is 0 Å². The lowest BCUT2D eigenvalue weighted by Crippen LogP contribution is -2.33. The largest absolute Gasteiger partial charge is 0.366 e. The molecule has 0 atom stereocenters. The van der Waals surface area contributed by atoms with Crippen LogP contribution < -0.4 is 10.6 Å². The fourth-order valence-electron chi connectivity index (χ4n) is 1.05. The van der Waals surface area contributed by atoms with Gasteiger partial charge >= 0.3 is 0 Å². The van der Waals surface area contributed by atoms with Crippen molar-refractivity contribution in [2.75, 3.05) is 19.3 Å². The van der Waals surface area contributed by atoms with Gasteiger partial charge in [0.1, 0.15) is 0 Å². The Labute approximate surface area is 99.6 Å². The summed E-state index contributed by atoms with van der Waals surface area (Å²) < 4.78 is 0. The van der Waals surface area contributed by atoms with Crippen molar-refractivity contribution in [1.29, 1.82) is 0 Å². The molecule has 1 aromatic heterocycles. The van der Waals surface area contributed by atoms with Crippen molar-refractivity contribution in [1.82, 2.24) is 20.8 Å². The molecule has 4 nitrogen and oxygen atoms in total. The van der Waals surface area contributed by atoms with E-state index >= 15 is 0 Å². The third kappa shape index (κ3) is 5.03. The maximum absolute atomic E-state index is 4.95. The first-order valence-electron chi connectivity index (χ1n) is 4.76. The minimum Gasteiger partial charge on any atom is -0.366 e. The van der Waals surface area contributed by atoms with Gasteiger partial charge in [0, 0.05) is 30.8 Å². The molecule has 6 heteroatoms. The summed E-state index contributed by atoms with van der Waals surface area (Å²) in [6.45, 7) is 2.89. The van der Waals surface area contributed by atoms with Crippen molar-refractivity contribution >= 4 is 29.1 Å². The zero-order valence-electron chi connectivity index (χ0n) is 8.96. The van der Waals surface area contributed by atoms with E-state index in [-0.39, 0.29) is 0 Å². The van der Waals surface area contributed by atoms with Crippen LogP contribution in [0.5, 0.6) is 0 Å². The lowest BCUT2D eigenvalue weighted by Gasteiger charge is -2.05. The average molecular weight is 244 g/mol. The Morgan fingerprint density at radius 3 is 3.07 bits per heavy atom. The van der Waals surface area contributed by atoms with E-state index in [1.54, 1.807) is 0 Å². The molecule has 84 valence electrons. The van der Waals surface area contributed by atoms with Crippen molar-refractivity contribution < 1.29 is 0 Å². The normalized spacial score (nSPS) is 10.0. The van der Waals surface area contributed by atoms with E-state index in [0.29, 0.717) is 5.11 Å². The summed E-state index contributed by atoms with van der Waals surface area (Å²) in [5.74, 6) is 1.96. The Morgan fingerprint density at radius 2 is 2.47 bits per heavy atom. The molecule has 1 rings (SSSR count). The number of aromatic nitrogens is 2. The van der Waals surface area contributed by atoms with Crippen LogP contribution >= 0.6 is 24.0 Å². The Balaban J connectivity index is 2.05. The minimum absolute atomic E-state index is 0.700. The fraction of sp³-hybridized carbons (Fsp3) is 0.556. The fourth-order valence-corrected chi connectivity index (χ4v) is 1.90. The standard InChI is InChI=1S/C9H16N4S2/c1-7-5-8(13-12-7)6-15-4-3-11-9(14)10-2/h5H,3-4,6H2,1-2H3,(H,12,13)(H2,10,11,14). The van der Waals surface area contributed by atoms with Gasteiger partial charge in [0.05, 0.1) is 5.69 Å². The summed E-state index contributed by atoms with van der Waals surface area (Å²) in [6, 6.07) is 2.07. The zero-order chi connectivity index (χ0) is 11.1. The van der Waals surface area contributed by atoms with Gasteiger partial charge in [-0.05, 0) is 25.2 Å². The second-order valence-corrected chi connectivity index (χ2v) is 4.61. The molecule has 0 bridgehead atoms. The Bertz CT molecular complexity index is 311. The second kappa shape index (κ2) is 6.68. The van der Waals surface area contributed by atoms with Crippen molar-refractivity contribution in [3.8, 4) is 0 Å². The van der Waals surface area contributed by atoms with Crippen LogP contribution in [0, 0.1) is 6.92 Å². The number of thiocarbonyl (C=S) groups is 1. The van der Waals surface area contributed by atoms with Crippen molar-refractivity contribution in [3.05, 3.63) is 17.5 Å². The van der Waals surface area contributed by atoms with Gasteiger partial charge in [-0.2, -0.15) is 16.9 Å². The third-order valence-electron chi connectivity index (χ3n) is 1.77. The van der Waals surface area contributed by atoms with Crippen molar-refractivity contribution in [2.24, 2.45) is 0 Å². The predicted molar refractivity (Wildman–Crippen MR) is 69.1 cm³/mol. The van der Waals surface area contributed by atoms with E-state index in [2.05, 4.69) is 26.9 Å². The molecule has 1 heterocycles. The summed E-state index contributed by atoms with van der Waals surface area (Å²) in [5, 5.41) is 13.8. The molecule has 1 aromatic rings. The van der Waals surface area contributed by atoms with Crippen molar-refractivity contribution in [3.63, 3.8) is 0 Å². The monoisotopic (exact) mass is 244 g/mol. The van der Waals surface area contributed by atoms with Crippen molar-refractivity contribution in [2.45, 2.75) is 12.7 Å². The van der Waals surface area contributed by atoms with E-state index in [1.165, 1.54) is 0 Å². The maximum Gasteiger partial charge on any atom is 0.166 e. The van der Waals surface area contributed by atoms with E-state index in [0.717, 1.165) is 29.4 Å². The smallest absolute Gasteiger partial charge is 0.166 e. The number of hydrogen-bond acceptors (Lipinski definition) is 3. The van der Waals surface area contributed by atoms with E-state index in [9.17, 15) is 0 Å². The number of aromatic amines is 1. The van der Waals surface area contributed by atoms with Gasteiger partial charge < -0.3 is 10.6 Å². The molecule has 15 heavy (non-hydrogen) atoms. The highest BCUT2D eigenvalue weighted by atomic mass is 32.2. The molecule has 0 aliphatic carbocycles. The average Bonchev–Trinajstić information content (AvgIpc) is 2.63. The summed E-state index contributed by atoms with van der Waals surface area (Å²) in [5.41, 5.74) is 2.22. The number of aryl methyl sites for hydroxylation is 1. The highest BCUT2D eigenvalue weighted by Gasteiger charge is 1.97. The lowest BCUT2D eigenvalue weighted by molar-refractivity contribution is 0.941. The number of nitrogens with one attached hydrogen (secondary N) is 3. The summed E-state index contributed by atoms with van der Waals surface area (Å²) in [4.78, 5) is 0. The summed E-state index contributed by atoms with van der Waals surface area (Å²) in [6.07, 6.45) is 0. The molecule has 0 radical (unpaired) electrons. The molecule has 0 aliphatic heterocycles. The Hall–Kier alpha value is -0.750. The predicted octanol–water partition coefficient (Wildman–Crippen LogP) is 1.05. The quantitative estimate of drug-likeness (QED) is 0.534. The number of thioether (sulfide) groups is 1. The first kappa shape index (κ1) is 12.3. The SMILES string of the molecule is CNC(=S)NCCSCc1cc(C)[nH]n1. The van der Waals surface area contributed by atoms with Gasteiger partial charge in [-0.3, -0.25) is 5.10 Å². The van der Waals surface area contributed by atoms with Gasteiger partial charge in [0.2, 0.25) is 0 Å². The number of nitrogens with zero attached hydrogens (tertiary/aromatic N) is 1. The van der Waals surface area contributed by atoms with E-state index in [4.69, 9.17) is 12.2 Å². The van der Waals surface area contributed by atoms with E-state index in [1.807, 2.05) is 25.7 Å².